The first kappa shape index (κ1) is 25.0. The van der Waals surface area contributed by atoms with Gasteiger partial charge in [-0.3, -0.25) is 0 Å². The van der Waals surface area contributed by atoms with E-state index in [4.69, 9.17) is 40.5 Å². The topological polar surface area (TPSA) is 46.3 Å². The molecule has 0 atom stereocenters. The van der Waals surface area contributed by atoms with Gasteiger partial charge in [0.25, 0.3) is 0 Å². The van der Waals surface area contributed by atoms with Gasteiger partial charge in [0.1, 0.15) is 16.3 Å². The Labute approximate surface area is 237 Å². The smallest absolute Gasteiger partial charge is 0.150 e. The molecule has 2 N–H and O–H groups in total. The van der Waals surface area contributed by atoms with Crippen molar-refractivity contribution in [3.63, 3.8) is 0 Å². The van der Waals surface area contributed by atoms with Crippen molar-refractivity contribution in [3.8, 4) is 11.1 Å². The molecule has 0 fully saturated rings. The van der Waals surface area contributed by atoms with Gasteiger partial charge in [-0.15, -0.1) is 0 Å². The zero-order chi connectivity index (χ0) is 26.2. The van der Waals surface area contributed by atoms with Crippen molar-refractivity contribution in [1.29, 1.82) is 0 Å². The molecular weight excluding hydrogens is 533 g/mol. The number of aryl methyl sites for hydroxylation is 3. The first-order chi connectivity index (χ1) is 18.5. The molecule has 0 spiro atoms. The maximum atomic E-state index is 6.12. The summed E-state index contributed by atoms with van der Waals surface area (Å²) in [4.78, 5) is 0.631. The third-order valence-corrected chi connectivity index (χ3v) is 7.81. The molecule has 0 bridgehead atoms. The fourth-order valence-corrected chi connectivity index (χ4v) is 5.71. The molecule has 8 heteroatoms. The van der Waals surface area contributed by atoms with Crippen LogP contribution in [0.3, 0.4) is 0 Å². The van der Waals surface area contributed by atoms with E-state index in [2.05, 4.69) is 50.9 Å². The van der Waals surface area contributed by atoms with Crippen LogP contribution in [0.4, 0.5) is 11.4 Å². The van der Waals surface area contributed by atoms with Crippen LogP contribution in [0.2, 0.25) is 10.0 Å². The van der Waals surface area contributed by atoms with Crippen LogP contribution in [-0.4, -0.2) is 19.2 Å². The first-order valence-corrected chi connectivity index (χ1v) is 13.9. The second kappa shape index (κ2) is 10.4. The molecule has 3 aromatic carbocycles. The molecule has 5 aromatic rings. The largest absolute Gasteiger partial charge is 0.378 e. The highest BCUT2D eigenvalue weighted by atomic mass is 35.5. The van der Waals surface area contributed by atoms with Gasteiger partial charge in [0.2, 0.25) is 0 Å². The van der Waals surface area contributed by atoms with Gasteiger partial charge in [-0.1, -0.05) is 65.2 Å². The Balaban J connectivity index is 1.48. The second-order valence-corrected chi connectivity index (χ2v) is 10.9. The van der Waals surface area contributed by atoms with Crippen LogP contribution in [0.5, 0.6) is 0 Å². The summed E-state index contributed by atoms with van der Waals surface area (Å²) in [6, 6.07) is 24.0. The van der Waals surface area contributed by atoms with Gasteiger partial charge in [-0.2, -0.15) is 5.10 Å². The Kier molecular flexibility index (Phi) is 6.87. The van der Waals surface area contributed by atoms with E-state index in [9.17, 15) is 0 Å². The van der Waals surface area contributed by atoms with Gasteiger partial charge < -0.3 is 15.2 Å². The van der Waals surface area contributed by atoms with Crippen LogP contribution in [0.1, 0.15) is 35.5 Å². The molecule has 2 aromatic heterocycles. The summed E-state index contributed by atoms with van der Waals surface area (Å²) >= 11 is 18.2. The third-order valence-electron chi connectivity index (χ3n) is 7.01. The van der Waals surface area contributed by atoms with Crippen LogP contribution >= 0.6 is 35.4 Å². The van der Waals surface area contributed by atoms with E-state index in [1.54, 1.807) is 0 Å². The molecule has 192 valence electrons. The molecule has 6 rings (SSSR count). The maximum Gasteiger partial charge on any atom is 0.150 e. The lowest BCUT2D eigenvalue weighted by atomic mass is 9.97. The van der Waals surface area contributed by atoms with E-state index in [-0.39, 0.29) is 0 Å². The quantitative estimate of drug-likeness (QED) is 0.206. The summed E-state index contributed by atoms with van der Waals surface area (Å²) < 4.78 is 4.41. The molecular formula is C30H27Cl2N5S. The van der Waals surface area contributed by atoms with Gasteiger partial charge in [-0.25, -0.2) is 4.52 Å². The fraction of sp³-hybridized carbons (Fsp3) is 0.200. The minimum atomic E-state index is 0.597. The normalized spacial score (nSPS) is 12.9. The molecule has 3 heterocycles. The Hall–Kier alpha value is -3.32. The predicted octanol–water partition coefficient (Wildman–Crippen LogP) is 8.15. The van der Waals surface area contributed by atoms with Crippen LogP contribution < -0.4 is 10.6 Å². The third kappa shape index (κ3) is 4.80. The zero-order valence-electron chi connectivity index (χ0n) is 21.0. The van der Waals surface area contributed by atoms with Crippen molar-refractivity contribution in [2.24, 2.45) is 0 Å². The number of hydrogen-bond donors (Lipinski definition) is 2. The van der Waals surface area contributed by atoms with Crippen LogP contribution in [0.15, 0.2) is 72.8 Å². The van der Waals surface area contributed by atoms with E-state index in [1.165, 1.54) is 11.1 Å². The van der Waals surface area contributed by atoms with Gasteiger partial charge in [0, 0.05) is 39.1 Å². The lowest BCUT2D eigenvalue weighted by Crippen LogP contribution is -2.15. The SMILES string of the molecule is Cc1ccc(-c2c3c4n(c(CNc5ccc(Cl)cc5)nn4c2C(=S)Nc2ccc(Cl)cc2)CCCC3)cc1. The van der Waals surface area contributed by atoms with Gasteiger partial charge in [0.15, 0.2) is 5.82 Å². The van der Waals surface area contributed by atoms with Crippen molar-refractivity contribution in [3.05, 3.63) is 105 Å². The van der Waals surface area contributed by atoms with Crippen molar-refractivity contribution >= 4 is 57.4 Å². The molecule has 0 saturated carbocycles. The van der Waals surface area contributed by atoms with Crippen LogP contribution in [-0.2, 0) is 19.5 Å². The average molecular weight is 561 g/mol. The van der Waals surface area contributed by atoms with E-state index in [0.29, 0.717) is 16.6 Å². The molecule has 38 heavy (non-hydrogen) atoms. The van der Waals surface area contributed by atoms with Gasteiger partial charge in [-0.05, 0) is 80.3 Å². The highest BCUT2D eigenvalue weighted by Gasteiger charge is 2.29. The monoisotopic (exact) mass is 559 g/mol. The predicted molar refractivity (Wildman–Crippen MR) is 162 cm³/mol. The van der Waals surface area contributed by atoms with Crippen LogP contribution in [0, 0.1) is 6.92 Å². The summed E-state index contributed by atoms with van der Waals surface area (Å²) in [5.74, 6) is 0.976. The lowest BCUT2D eigenvalue weighted by molar-refractivity contribution is 0.619. The van der Waals surface area contributed by atoms with E-state index < -0.39 is 0 Å². The Morgan fingerprint density at radius 3 is 2.24 bits per heavy atom. The van der Waals surface area contributed by atoms with Gasteiger partial charge in [0.05, 0.1) is 6.54 Å². The number of benzene rings is 3. The number of halogens is 2. The number of rotatable bonds is 6. The van der Waals surface area contributed by atoms with Crippen molar-refractivity contribution in [2.45, 2.75) is 39.3 Å². The minimum Gasteiger partial charge on any atom is -0.378 e. The molecule has 0 unspecified atom stereocenters. The number of hydrogen-bond acceptors (Lipinski definition) is 3. The van der Waals surface area contributed by atoms with Gasteiger partial charge >= 0.3 is 0 Å². The molecule has 0 amide bonds. The number of anilines is 2. The Bertz CT molecular complexity index is 1620. The highest BCUT2D eigenvalue weighted by molar-refractivity contribution is 7.81. The summed E-state index contributed by atoms with van der Waals surface area (Å²) in [5, 5.41) is 13.5. The molecule has 0 aliphatic carbocycles. The molecule has 1 aliphatic rings. The second-order valence-electron chi connectivity index (χ2n) is 9.65. The summed E-state index contributed by atoms with van der Waals surface area (Å²) in [6.07, 6.45) is 3.19. The van der Waals surface area contributed by atoms with Crippen LogP contribution in [0.25, 0.3) is 16.8 Å². The molecule has 5 nitrogen and oxygen atoms in total. The summed E-state index contributed by atoms with van der Waals surface area (Å²) in [5.41, 5.74) is 8.77. The number of nitrogens with one attached hydrogen (secondary N) is 2. The summed E-state index contributed by atoms with van der Waals surface area (Å²) in [6.45, 7) is 3.62. The zero-order valence-corrected chi connectivity index (χ0v) is 23.3. The summed E-state index contributed by atoms with van der Waals surface area (Å²) in [7, 11) is 0. The van der Waals surface area contributed by atoms with Crippen molar-refractivity contribution in [2.75, 3.05) is 10.6 Å². The van der Waals surface area contributed by atoms with Crippen molar-refractivity contribution < 1.29 is 0 Å². The molecule has 1 aliphatic heterocycles. The average Bonchev–Trinajstić information content (AvgIpc) is 3.32. The first-order valence-electron chi connectivity index (χ1n) is 12.7. The fourth-order valence-electron chi connectivity index (χ4n) is 5.15. The Morgan fingerprint density at radius 1 is 0.895 bits per heavy atom. The number of aromatic nitrogens is 3. The van der Waals surface area contributed by atoms with E-state index in [0.717, 1.165) is 70.5 Å². The molecule has 0 saturated heterocycles. The maximum absolute atomic E-state index is 6.12. The Morgan fingerprint density at radius 2 is 1.55 bits per heavy atom. The van der Waals surface area contributed by atoms with Crippen molar-refractivity contribution in [1.82, 2.24) is 14.2 Å². The minimum absolute atomic E-state index is 0.597. The highest BCUT2D eigenvalue weighted by Crippen LogP contribution is 2.37. The molecule has 0 radical (unpaired) electrons. The van der Waals surface area contributed by atoms with E-state index in [1.807, 2.05) is 48.5 Å². The number of thiocarbonyl (C=S) groups is 1. The standard InChI is InChI=1S/C30H27Cl2N5S/c1-19-5-7-20(8-6-19)27-25-4-2-3-17-36-26(18-33-23-13-9-21(31)10-14-23)35-37(30(25)36)28(27)29(38)34-24-15-11-22(32)12-16-24/h5-16,33H,2-4,17-18H2,1H3,(H,34,38). The van der Waals surface area contributed by atoms with E-state index >= 15 is 0 Å². The number of nitrogens with zero attached hydrogens (tertiary/aromatic N) is 3. The lowest BCUT2D eigenvalue weighted by Gasteiger charge is -2.12.